The van der Waals surface area contributed by atoms with E-state index in [-0.39, 0.29) is 24.8 Å². The Morgan fingerprint density at radius 3 is 2.59 bits per heavy atom. The molecule has 4 heteroatoms. The lowest BCUT2D eigenvalue weighted by Gasteiger charge is -2.21. The van der Waals surface area contributed by atoms with E-state index >= 15 is 0 Å². The van der Waals surface area contributed by atoms with E-state index in [4.69, 9.17) is 0 Å². The highest BCUT2D eigenvalue weighted by molar-refractivity contribution is 5.85. The summed E-state index contributed by atoms with van der Waals surface area (Å²) >= 11 is 0. The summed E-state index contributed by atoms with van der Waals surface area (Å²) in [6, 6.07) is 4.12. The van der Waals surface area contributed by atoms with Crippen molar-refractivity contribution < 1.29 is 0 Å². The highest BCUT2D eigenvalue weighted by atomic mass is 35.5. The van der Waals surface area contributed by atoms with Gasteiger partial charge < -0.3 is 5.32 Å². The Morgan fingerprint density at radius 2 is 1.94 bits per heavy atom. The van der Waals surface area contributed by atoms with Crippen LogP contribution in [0.25, 0.3) is 0 Å². The van der Waals surface area contributed by atoms with Gasteiger partial charge in [-0.3, -0.25) is 4.98 Å². The lowest BCUT2D eigenvalue weighted by atomic mass is 9.89. The fraction of sp³-hybridized carbons (Fsp3) is 0.615. The van der Waals surface area contributed by atoms with Crippen molar-refractivity contribution in [2.24, 2.45) is 5.92 Å². The van der Waals surface area contributed by atoms with Gasteiger partial charge in [-0.05, 0) is 36.9 Å². The topological polar surface area (TPSA) is 24.9 Å². The van der Waals surface area contributed by atoms with Crippen molar-refractivity contribution in [2.75, 3.05) is 6.54 Å². The molecule has 1 fully saturated rings. The quantitative estimate of drug-likeness (QED) is 0.909. The van der Waals surface area contributed by atoms with Crippen molar-refractivity contribution in [1.82, 2.24) is 10.3 Å². The molecule has 98 valence electrons. The molecular weight excluding hydrogens is 255 g/mol. The van der Waals surface area contributed by atoms with Gasteiger partial charge in [-0.15, -0.1) is 24.8 Å². The summed E-state index contributed by atoms with van der Waals surface area (Å²) in [5.74, 6) is 0.912. The Balaban J connectivity index is 0.00000128. The summed E-state index contributed by atoms with van der Waals surface area (Å²) in [7, 11) is 0. The second kappa shape index (κ2) is 9.69. The zero-order valence-corrected chi connectivity index (χ0v) is 11.7. The molecule has 0 amide bonds. The normalized spacial score (nSPS) is 15.8. The molecule has 0 aromatic carbocycles. The summed E-state index contributed by atoms with van der Waals surface area (Å²) < 4.78 is 0. The Labute approximate surface area is 116 Å². The van der Waals surface area contributed by atoms with Crippen LogP contribution in [-0.4, -0.2) is 11.5 Å². The van der Waals surface area contributed by atoms with E-state index in [1.165, 1.54) is 44.2 Å². The molecule has 0 spiro atoms. The molecule has 1 N–H and O–H groups in total. The molecule has 1 aromatic rings. The van der Waals surface area contributed by atoms with Gasteiger partial charge in [0.2, 0.25) is 0 Å². The predicted molar refractivity (Wildman–Crippen MR) is 77.0 cm³/mol. The summed E-state index contributed by atoms with van der Waals surface area (Å²) in [6.45, 7) is 2.14. The van der Waals surface area contributed by atoms with Gasteiger partial charge in [0, 0.05) is 18.9 Å². The smallest absolute Gasteiger partial charge is 0.0312 e. The van der Waals surface area contributed by atoms with Crippen molar-refractivity contribution in [1.29, 1.82) is 0 Å². The lowest BCUT2D eigenvalue weighted by molar-refractivity contribution is 0.342. The van der Waals surface area contributed by atoms with Crippen molar-refractivity contribution in [3.63, 3.8) is 0 Å². The summed E-state index contributed by atoms with van der Waals surface area (Å²) in [5, 5.41) is 3.53. The first-order valence-electron chi connectivity index (χ1n) is 6.05. The van der Waals surface area contributed by atoms with E-state index in [1.807, 2.05) is 18.5 Å². The van der Waals surface area contributed by atoms with Crippen LogP contribution in [0.4, 0.5) is 0 Å². The van der Waals surface area contributed by atoms with Crippen LogP contribution in [0.15, 0.2) is 24.5 Å². The number of hydrogen-bond donors (Lipinski definition) is 1. The lowest BCUT2D eigenvalue weighted by Crippen LogP contribution is -2.24. The molecule has 1 aromatic heterocycles. The molecule has 0 radical (unpaired) electrons. The second-order valence-corrected chi connectivity index (χ2v) is 4.50. The fourth-order valence-electron chi connectivity index (χ4n) is 2.31. The highest BCUT2D eigenvalue weighted by Gasteiger charge is 2.12. The van der Waals surface area contributed by atoms with E-state index in [1.54, 1.807) is 0 Å². The maximum Gasteiger partial charge on any atom is 0.0312 e. The van der Waals surface area contributed by atoms with Crippen molar-refractivity contribution in [2.45, 2.75) is 38.6 Å². The highest BCUT2D eigenvalue weighted by Crippen LogP contribution is 2.22. The number of aromatic nitrogens is 1. The molecule has 0 bridgehead atoms. The molecule has 2 nitrogen and oxygen atoms in total. The average Bonchev–Trinajstić information content (AvgIpc) is 2.32. The predicted octanol–water partition coefficient (Wildman–Crippen LogP) is 3.60. The zero-order valence-electron chi connectivity index (χ0n) is 10.1. The molecule has 1 aliphatic rings. The van der Waals surface area contributed by atoms with Crippen LogP contribution < -0.4 is 5.32 Å². The Hall–Kier alpha value is -0.310. The van der Waals surface area contributed by atoms with Gasteiger partial charge in [0.25, 0.3) is 0 Å². The van der Waals surface area contributed by atoms with E-state index in [0.29, 0.717) is 0 Å². The molecule has 1 heterocycles. The van der Waals surface area contributed by atoms with Crippen LogP contribution in [0.3, 0.4) is 0 Å². The van der Waals surface area contributed by atoms with Crippen molar-refractivity contribution in [3.8, 4) is 0 Å². The van der Waals surface area contributed by atoms with Gasteiger partial charge in [0.05, 0.1) is 0 Å². The third-order valence-electron chi connectivity index (χ3n) is 3.21. The Morgan fingerprint density at radius 1 is 1.18 bits per heavy atom. The number of rotatable bonds is 4. The fourth-order valence-corrected chi connectivity index (χ4v) is 2.31. The third kappa shape index (κ3) is 6.25. The minimum Gasteiger partial charge on any atom is -0.312 e. The molecule has 0 aliphatic heterocycles. The van der Waals surface area contributed by atoms with E-state index in [9.17, 15) is 0 Å². The first-order chi connectivity index (χ1) is 7.45. The van der Waals surface area contributed by atoms with Crippen LogP contribution in [0.2, 0.25) is 0 Å². The van der Waals surface area contributed by atoms with Gasteiger partial charge in [0.15, 0.2) is 0 Å². The number of pyridine rings is 1. The number of nitrogens with one attached hydrogen (secondary N) is 1. The van der Waals surface area contributed by atoms with Gasteiger partial charge in [-0.1, -0.05) is 25.3 Å². The van der Waals surface area contributed by atoms with Gasteiger partial charge in [-0.25, -0.2) is 0 Å². The largest absolute Gasteiger partial charge is 0.312 e. The molecule has 0 unspecified atom stereocenters. The summed E-state index contributed by atoms with van der Waals surface area (Å²) in [6.07, 6.45) is 10.9. The first-order valence-corrected chi connectivity index (χ1v) is 6.05. The third-order valence-corrected chi connectivity index (χ3v) is 3.21. The number of nitrogens with zero attached hydrogens (tertiary/aromatic N) is 1. The second-order valence-electron chi connectivity index (χ2n) is 4.50. The van der Waals surface area contributed by atoms with Crippen LogP contribution in [0.5, 0.6) is 0 Å². The molecule has 0 saturated heterocycles. The van der Waals surface area contributed by atoms with Gasteiger partial charge in [0.1, 0.15) is 0 Å². The van der Waals surface area contributed by atoms with Gasteiger partial charge in [-0.2, -0.15) is 0 Å². The first kappa shape index (κ1) is 16.7. The molecule has 1 aliphatic carbocycles. The van der Waals surface area contributed by atoms with Crippen molar-refractivity contribution in [3.05, 3.63) is 30.1 Å². The van der Waals surface area contributed by atoms with E-state index in [0.717, 1.165) is 12.5 Å². The Bertz CT molecular complexity index is 274. The van der Waals surface area contributed by atoms with Gasteiger partial charge >= 0.3 is 0 Å². The molecular formula is C13H22Cl2N2. The maximum absolute atomic E-state index is 4.11. The van der Waals surface area contributed by atoms with Crippen LogP contribution in [0.1, 0.15) is 37.7 Å². The number of hydrogen-bond acceptors (Lipinski definition) is 2. The molecule has 2 rings (SSSR count). The maximum atomic E-state index is 4.11. The van der Waals surface area contributed by atoms with Crippen LogP contribution in [0, 0.1) is 5.92 Å². The zero-order chi connectivity index (χ0) is 10.3. The SMILES string of the molecule is Cl.Cl.c1cncc(CNCC2CCCCC2)c1. The molecule has 0 atom stereocenters. The van der Waals surface area contributed by atoms with E-state index in [2.05, 4.69) is 16.4 Å². The number of halogens is 2. The minimum atomic E-state index is 0. The monoisotopic (exact) mass is 276 g/mol. The van der Waals surface area contributed by atoms with Crippen molar-refractivity contribution >= 4 is 24.8 Å². The summed E-state index contributed by atoms with van der Waals surface area (Å²) in [4.78, 5) is 4.11. The Kier molecular flexibility index (Phi) is 9.52. The standard InChI is InChI=1S/C13H20N2.2ClH/c1-2-5-12(6-3-1)9-15-11-13-7-4-8-14-10-13;;/h4,7-8,10,12,15H,1-3,5-6,9,11H2;2*1H. The van der Waals surface area contributed by atoms with E-state index < -0.39 is 0 Å². The summed E-state index contributed by atoms with van der Waals surface area (Å²) in [5.41, 5.74) is 1.29. The minimum absolute atomic E-state index is 0. The average molecular weight is 277 g/mol. The van der Waals surface area contributed by atoms with Crippen LogP contribution in [-0.2, 0) is 6.54 Å². The molecule has 1 saturated carbocycles. The molecule has 17 heavy (non-hydrogen) atoms. The van der Waals surface area contributed by atoms with Crippen LogP contribution >= 0.6 is 24.8 Å².